The van der Waals surface area contributed by atoms with Crippen molar-refractivity contribution in [1.82, 2.24) is 4.98 Å². The van der Waals surface area contributed by atoms with Crippen LogP contribution in [0, 0.1) is 0 Å². The van der Waals surface area contributed by atoms with E-state index < -0.39 is 0 Å². The number of nitrogens with one attached hydrogen (secondary N) is 1. The molecule has 0 spiro atoms. The van der Waals surface area contributed by atoms with Crippen molar-refractivity contribution in [3.8, 4) is 0 Å². The van der Waals surface area contributed by atoms with Crippen molar-refractivity contribution >= 4 is 9.47 Å². The molecule has 0 saturated carbocycles. The molecule has 0 saturated heterocycles. The minimum Gasteiger partial charge on any atom is -0.361 e. The SMILES string of the molecule is O=c1ccc(COP)c[nH]1. The van der Waals surface area contributed by atoms with Gasteiger partial charge in [-0.25, -0.2) is 0 Å². The number of pyridine rings is 1. The molecule has 10 heavy (non-hydrogen) atoms. The summed E-state index contributed by atoms with van der Waals surface area (Å²) in [6.07, 6.45) is 1.63. The summed E-state index contributed by atoms with van der Waals surface area (Å²) in [6.45, 7) is 0.501. The van der Waals surface area contributed by atoms with Crippen LogP contribution in [0.1, 0.15) is 5.56 Å². The maximum Gasteiger partial charge on any atom is 0.247 e. The summed E-state index contributed by atoms with van der Waals surface area (Å²) in [4.78, 5) is 13.1. The second kappa shape index (κ2) is 3.49. The fourth-order valence-electron chi connectivity index (χ4n) is 0.629. The first-order valence-corrected chi connectivity index (χ1v) is 3.29. The average molecular weight is 157 g/mol. The molecule has 1 rings (SSSR count). The first-order chi connectivity index (χ1) is 4.83. The van der Waals surface area contributed by atoms with Crippen molar-refractivity contribution < 1.29 is 4.52 Å². The van der Waals surface area contributed by atoms with Crippen LogP contribution < -0.4 is 5.56 Å². The Morgan fingerprint density at radius 3 is 2.90 bits per heavy atom. The summed E-state index contributed by atoms with van der Waals surface area (Å²) in [6, 6.07) is 3.20. The van der Waals surface area contributed by atoms with Crippen molar-refractivity contribution in [2.45, 2.75) is 6.61 Å². The van der Waals surface area contributed by atoms with Gasteiger partial charge in [-0.15, -0.1) is 0 Å². The van der Waals surface area contributed by atoms with Crippen molar-refractivity contribution in [3.63, 3.8) is 0 Å². The molecule has 1 unspecified atom stereocenters. The molecule has 1 heterocycles. The molecule has 0 aliphatic carbocycles. The van der Waals surface area contributed by atoms with Gasteiger partial charge in [-0.05, 0) is 11.6 Å². The van der Waals surface area contributed by atoms with Crippen LogP contribution in [-0.2, 0) is 11.1 Å². The third-order valence-electron chi connectivity index (χ3n) is 1.10. The third kappa shape index (κ3) is 1.94. The van der Waals surface area contributed by atoms with Gasteiger partial charge in [0.2, 0.25) is 5.56 Å². The molecule has 0 aromatic carbocycles. The molecular formula is C6H8NO2P. The number of aromatic amines is 1. The molecule has 1 atom stereocenters. The molecule has 0 bridgehead atoms. The van der Waals surface area contributed by atoms with E-state index in [0.29, 0.717) is 6.61 Å². The third-order valence-corrected chi connectivity index (χ3v) is 1.27. The minimum atomic E-state index is -0.0903. The lowest BCUT2D eigenvalue weighted by atomic mass is 10.3. The Morgan fingerprint density at radius 2 is 2.40 bits per heavy atom. The van der Waals surface area contributed by atoms with E-state index in [1.807, 2.05) is 0 Å². The highest BCUT2D eigenvalue weighted by atomic mass is 31.0. The largest absolute Gasteiger partial charge is 0.361 e. The summed E-state index contributed by atoms with van der Waals surface area (Å²) < 4.78 is 4.76. The van der Waals surface area contributed by atoms with E-state index >= 15 is 0 Å². The van der Waals surface area contributed by atoms with Crippen LogP contribution in [0.2, 0.25) is 0 Å². The van der Waals surface area contributed by atoms with Gasteiger partial charge in [-0.1, -0.05) is 0 Å². The van der Waals surface area contributed by atoms with Crippen LogP contribution >= 0.6 is 9.47 Å². The summed E-state index contributed by atoms with van der Waals surface area (Å²) >= 11 is 0. The maximum absolute atomic E-state index is 10.5. The molecule has 54 valence electrons. The summed E-state index contributed by atoms with van der Waals surface area (Å²) in [7, 11) is 2.15. The predicted octanol–water partition coefficient (Wildman–Crippen LogP) is 0.682. The lowest BCUT2D eigenvalue weighted by molar-refractivity contribution is 0.361. The molecule has 4 heteroatoms. The first kappa shape index (κ1) is 7.45. The zero-order valence-electron chi connectivity index (χ0n) is 5.33. The number of aromatic nitrogens is 1. The second-order valence-corrected chi connectivity index (χ2v) is 2.21. The fraction of sp³-hybridized carbons (Fsp3) is 0.167. The van der Waals surface area contributed by atoms with Gasteiger partial charge in [0.1, 0.15) is 0 Å². The predicted molar refractivity (Wildman–Crippen MR) is 41.6 cm³/mol. The Balaban J connectivity index is 2.79. The zero-order valence-corrected chi connectivity index (χ0v) is 6.49. The van der Waals surface area contributed by atoms with E-state index in [1.165, 1.54) is 6.07 Å². The molecule has 1 aromatic rings. The van der Waals surface area contributed by atoms with E-state index in [9.17, 15) is 4.79 Å². The Kier molecular flexibility index (Phi) is 2.60. The van der Waals surface area contributed by atoms with Crippen LogP contribution in [0.4, 0.5) is 0 Å². The molecule has 3 nitrogen and oxygen atoms in total. The molecular weight excluding hydrogens is 149 g/mol. The molecule has 0 aliphatic heterocycles. The first-order valence-electron chi connectivity index (χ1n) is 2.82. The number of hydrogen-bond acceptors (Lipinski definition) is 2. The molecule has 0 amide bonds. The Morgan fingerprint density at radius 1 is 1.60 bits per heavy atom. The molecule has 1 aromatic heterocycles. The maximum atomic E-state index is 10.5. The summed E-state index contributed by atoms with van der Waals surface area (Å²) in [5.74, 6) is 0. The van der Waals surface area contributed by atoms with Gasteiger partial charge in [-0.2, -0.15) is 0 Å². The van der Waals surface area contributed by atoms with Crippen LogP contribution in [-0.4, -0.2) is 4.98 Å². The molecule has 0 radical (unpaired) electrons. The van der Waals surface area contributed by atoms with Crippen molar-refractivity contribution in [3.05, 3.63) is 34.2 Å². The van der Waals surface area contributed by atoms with Crippen LogP contribution in [0.25, 0.3) is 0 Å². The normalized spacial score (nSPS) is 9.70. The number of H-pyrrole nitrogens is 1. The molecule has 0 fully saturated rings. The van der Waals surface area contributed by atoms with E-state index in [0.717, 1.165) is 5.56 Å². The number of rotatable bonds is 2. The lowest BCUT2D eigenvalue weighted by Crippen LogP contribution is -2.02. The lowest BCUT2D eigenvalue weighted by Gasteiger charge is -1.95. The number of hydrogen-bond donors (Lipinski definition) is 1. The smallest absolute Gasteiger partial charge is 0.247 e. The van der Waals surface area contributed by atoms with E-state index in [-0.39, 0.29) is 5.56 Å². The quantitative estimate of drug-likeness (QED) is 0.641. The highest BCUT2D eigenvalue weighted by molar-refractivity contribution is 7.09. The molecule has 0 aliphatic rings. The van der Waals surface area contributed by atoms with Gasteiger partial charge in [0, 0.05) is 21.7 Å². The Labute approximate surface area is 60.7 Å². The highest BCUT2D eigenvalue weighted by Gasteiger charge is 1.88. The van der Waals surface area contributed by atoms with E-state index in [1.54, 1.807) is 12.3 Å². The average Bonchev–Trinajstić information content (AvgIpc) is 1.95. The van der Waals surface area contributed by atoms with Crippen molar-refractivity contribution in [2.75, 3.05) is 0 Å². The van der Waals surface area contributed by atoms with Gasteiger partial charge in [0.25, 0.3) is 0 Å². The second-order valence-electron chi connectivity index (χ2n) is 1.87. The van der Waals surface area contributed by atoms with Gasteiger partial charge < -0.3 is 9.51 Å². The van der Waals surface area contributed by atoms with E-state index in [4.69, 9.17) is 4.52 Å². The van der Waals surface area contributed by atoms with Gasteiger partial charge in [0.05, 0.1) is 6.61 Å². The Bertz CT molecular complexity index is 238. The standard InChI is InChI=1S/C6H8NO2P/c8-6-2-1-5(3-7-6)4-9-10/h1-3H,4,10H2,(H,7,8). The van der Waals surface area contributed by atoms with Crippen molar-refractivity contribution in [1.29, 1.82) is 0 Å². The van der Waals surface area contributed by atoms with Crippen LogP contribution in [0.5, 0.6) is 0 Å². The summed E-state index contributed by atoms with van der Waals surface area (Å²) in [5, 5.41) is 0. The van der Waals surface area contributed by atoms with Gasteiger partial charge in [-0.3, -0.25) is 4.79 Å². The zero-order chi connectivity index (χ0) is 7.40. The molecule has 1 N–H and O–H groups in total. The fourth-order valence-corrected chi connectivity index (χ4v) is 0.821. The van der Waals surface area contributed by atoms with Crippen molar-refractivity contribution in [2.24, 2.45) is 0 Å². The van der Waals surface area contributed by atoms with Gasteiger partial charge >= 0.3 is 0 Å². The van der Waals surface area contributed by atoms with E-state index in [2.05, 4.69) is 14.5 Å². The van der Waals surface area contributed by atoms with Crippen LogP contribution in [0.15, 0.2) is 23.1 Å². The Hall–Kier alpha value is -0.660. The monoisotopic (exact) mass is 157 g/mol. The topological polar surface area (TPSA) is 42.1 Å². The highest BCUT2D eigenvalue weighted by Crippen LogP contribution is 1.98. The summed E-state index contributed by atoms with van der Waals surface area (Å²) in [5.41, 5.74) is 0.863. The van der Waals surface area contributed by atoms with Gasteiger partial charge in [0.15, 0.2) is 0 Å². The van der Waals surface area contributed by atoms with Crippen LogP contribution in [0.3, 0.4) is 0 Å². The minimum absolute atomic E-state index is 0.0903.